The van der Waals surface area contributed by atoms with E-state index in [-0.39, 0.29) is 11.8 Å². The van der Waals surface area contributed by atoms with E-state index in [0.717, 1.165) is 24.8 Å². The molecule has 94 valence electrons. The van der Waals surface area contributed by atoms with Gasteiger partial charge >= 0.3 is 0 Å². The van der Waals surface area contributed by atoms with Gasteiger partial charge in [0.1, 0.15) is 0 Å². The highest BCUT2D eigenvalue weighted by Gasteiger charge is 2.33. The van der Waals surface area contributed by atoms with E-state index < -0.39 is 0 Å². The molecule has 1 saturated carbocycles. The summed E-state index contributed by atoms with van der Waals surface area (Å²) in [5, 5.41) is 6.64. The van der Waals surface area contributed by atoms with Gasteiger partial charge in [0.25, 0.3) is 0 Å². The van der Waals surface area contributed by atoms with Crippen molar-refractivity contribution >= 4 is 5.91 Å². The molecule has 0 aliphatic heterocycles. The van der Waals surface area contributed by atoms with Gasteiger partial charge in [-0.3, -0.25) is 9.89 Å². The monoisotopic (exact) mass is 236 g/mol. The van der Waals surface area contributed by atoms with Crippen molar-refractivity contribution in [2.24, 2.45) is 17.6 Å². The van der Waals surface area contributed by atoms with Crippen LogP contribution in [0.4, 0.5) is 0 Å². The lowest BCUT2D eigenvalue weighted by atomic mass is 9.95. The van der Waals surface area contributed by atoms with Crippen LogP contribution < -0.4 is 5.73 Å². The number of carbonyl (C=O) groups excluding carboxylic acids is 1. The zero-order chi connectivity index (χ0) is 12.3. The van der Waals surface area contributed by atoms with Gasteiger partial charge in [-0.1, -0.05) is 6.42 Å². The maximum atomic E-state index is 12.3. The molecule has 1 aromatic rings. The molecular formula is C12H20N4O. The Hall–Kier alpha value is -1.36. The third-order valence-electron chi connectivity index (χ3n) is 3.63. The number of aromatic amines is 1. The molecule has 0 bridgehead atoms. The summed E-state index contributed by atoms with van der Waals surface area (Å²) in [5.74, 6) is 0.713. The normalized spacial score (nSPS) is 23.9. The number of carbonyl (C=O) groups is 1. The summed E-state index contributed by atoms with van der Waals surface area (Å²) in [7, 11) is 1.85. The Balaban J connectivity index is 1.94. The van der Waals surface area contributed by atoms with E-state index >= 15 is 0 Å². The second kappa shape index (κ2) is 5.31. The van der Waals surface area contributed by atoms with E-state index in [4.69, 9.17) is 5.73 Å². The Morgan fingerprint density at radius 2 is 2.47 bits per heavy atom. The Morgan fingerprint density at radius 3 is 3.12 bits per heavy atom. The first kappa shape index (κ1) is 12.1. The lowest BCUT2D eigenvalue weighted by Gasteiger charge is -2.24. The van der Waals surface area contributed by atoms with Gasteiger partial charge in [0, 0.05) is 31.3 Å². The van der Waals surface area contributed by atoms with Crippen LogP contribution >= 0.6 is 0 Å². The van der Waals surface area contributed by atoms with Crippen molar-refractivity contribution in [3.05, 3.63) is 18.0 Å². The molecule has 2 unspecified atom stereocenters. The minimum atomic E-state index is 0.122. The van der Waals surface area contributed by atoms with Crippen LogP contribution in [0.2, 0.25) is 0 Å². The molecule has 0 aromatic carbocycles. The average Bonchev–Trinajstić information content (AvgIpc) is 2.97. The fraction of sp³-hybridized carbons (Fsp3) is 0.667. The minimum absolute atomic E-state index is 0.122. The third kappa shape index (κ3) is 2.66. The molecule has 0 radical (unpaired) electrons. The molecule has 17 heavy (non-hydrogen) atoms. The first-order valence-corrected chi connectivity index (χ1v) is 6.15. The molecule has 2 atom stereocenters. The van der Waals surface area contributed by atoms with E-state index in [1.807, 2.05) is 13.2 Å². The highest BCUT2D eigenvalue weighted by Crippen LogP contribution is 2.32. The summed E-state index contributed by atoms with van der Waals surface area (Å²) in [4.78, 5) is 14.1. The quantitative estimate of drug-likeness (QED) is 0.809. The summed E-state index contributed by atoms with van der Waals surface area (Å²) in [6, 6.07) is 0. The maximum absolute atomic E-state index is 12.3. The summed E-state index contributed by atoms with van der Waals surface area (Å²) < 4.78 is 0. The van der Waals surface area contributed by atoms with Gasteiger partial charge in [-0.15, -0.1) is 0 Å². The first-order valence-electron chi connectivity index (χ1n) is 6.15. The van der Waals surface area contributed by atoms with Crippen LogP contribution in [0.1, 0.15) is 24.8 Å². The van der Waals surface area contributed by atoms with E-state index in [0.29, 0.717) is 19.0 Å². The SMILES string of the molecule is CN(Cc1cn[nH]c1)C(=O)C1CCCC1CN. The predicted octanol–water partition coefficient (Wildman–Crippen LogP) is 0.743. The van der Waals surface area contributed by atoms with E-state index in [1.54, 1.807) is 11.1 Å². The maximum Gasteiger partial charge on any atom is 0.226 e. The van der Waals surface area contributed by atoms with Crippen LogP contribution in [-0.2, 0) is 11.3 Å². The Bertz CT molecular complexity index is 363. The fourth-order valence-corrected chi connectivity index (χ4v) is 2.64. The van der Waals surface area contributed by atoms with Gasteiger partial charge < -0.3 is 10.6 Å². The van der Waals surface area contributed by atoms with Crippen LogP contribution in [0.15, 0.2) is 12.4 Å². The topological polar surface area (TPSA) is 75.0 Å². The van der Waals surface area contributed by atoms with Gasteiger partial charge in [0.2, 0.25) is 5.91 Å². The third-order valence-corrected chi connectivity index (χ3v) is 3.63. The number of H-pyrrole nitrogens is 1. The molecule has 1 fully saturated rings. The lowest BCUT2D eigenvalue weighted by molar-refractivity contribution is -0.135. The van der Waals surface area contributed by atoms with E-state index in [2.05, 4.69) is 10.2 Å². The molecule has 1 aliphatic carbocycles. The standard InChI is InChI=1S/C12H20N4O/c1-16(8-9-6-14-15-7-9)12(17)11-4-2-3-10(11)5-13/h6-7,10-11H,2-5,8,13H2,1H3,(H,14,15). The van der Waals surface area contributed by atoms with Gasteiger partial charge in [-0.05, 0) is 25.3 Å². The number of nitrogens with one attached hydrogen (secondary N) is 1. The molecule has 5 heteroatoms. The van der Waals surface area contributed by atoms with Crippen molar-refractivity contribution in [3.8, 4) is 0 Å². The highest BCUT2D eigenvalue weighted by molar-refractivity contribution is 5.79. The second-order valence-electron chi connectivity index (χ2n) is 4.83. The van der Waals surface area contributed by atoms with Crippen LogP contribution in [0, 0.1) is 11.8 Å². The second-order valence-corrected chi connectivity index (χ2v) is 4.83. The van der Waals surface area contributed by atoms with Crippen molar-refractivity contribution in [1.29, 1.82) is 0 Å². The Kier molecular flexibility index (Phi) is 3.78. The van der Waals surface area contributed by atoms with Crippen molar-refractivity contribution in [3.63, 3.8) is 0 Å². The molecule has 1 heterocycles. The number of nitrogens with two attached hydrogens (primary N) is 1. The van der Waals surface area contributed by atoms with Gasteiger partial charge in [0.15, 0.2) is 0 Å². The summed E-state index contributed by atoms with van der Waals surface area (Å²) in [6.07, 6.45) is 6.76. The predicted molar refractivity (Wildman–Crippen MR) is 64.9 cm³/mol. The summed E-state index contributed by atoms with van der Waals surface area (Å²) in [6.45, 7) is 1.24. The average molecular weight is 236 g/mol. The number of nitrogens with zero attached hydrogens (tertiary/aromatic N) is 2. The molecule has 0 spiro atoms. The molecule has 1 aliphatic rings. The molecule has 0 saturated heterocycles. The number of hydrogen-bond donors (Lipinski definition) is 2. The van der Waals surface area contributed by atoms with E-state index in [1.165, 1.54) is 0 Å². The largest absolute Gasteiger partial charge is 0.341 e. The summed E-state index contributed by atoms with van der Waals surface area (Å²) in [5.41, 5.74) is 6.74. The number of amides is 1. The molecule has 5 nitrogen and oxygen atoms in total. The van der Waals surface area contributed by atoms with Gasteiger partial charge in [0.05, 0.1) is 6.20 Å². The lowest BCUT2D eigenvalue weighted by Crippen LogP contribution is -2.36. The van der Waals surface area contributed by atoms with Crippen LogP contribution in [0.5, 0.6) is 0 Å². The van der Waals surface area contributed by atoms with Gasteiger partial charge in [-0.25, -0.2) is 0 Å². The van der Waals surface area contributed by atoms with Crippen LogP contribution in [0.3, 0.4) is 0 Å². The zero-order valence-electron chi connectivity index (χ0n) is 10.2. The highest BCUT2D eigenvalue weighted by atomic mass is 16.2. The van der Waals surface area contributed by atoms with Crippen LogP contribution in [0.25, 0.3) is 0 Å². The molecule has 1 aromatic heterocycles. The zero-order valence-corrected chi connectivity index (χ0v) is 10.2. The number of aromatic nitrogens is 2. The Morgan fingerprint density at radius 1 is 1.65 bits per heavy atom. The van der Waals surface area contributed by atoms with Crippen molar-refractivity contribution in [2.45, 2.75) is 25.8 Å². The van der Waals surface area contributed by atoms with E-state index in [9.17, 15) is 4.79 Å². The smallest absolute Gasteiger partial charge is 0.226 e. The Labute approximate surface area is 101 Å². The molecule has 3 N–H and O–H groups in total. The van der Waals surface area contributed by atoms with Crippen LogP contribution in [-0.4, -0.2) is 34.6 Å². The minimum Gasteiger partial charge on any atom is -0.341 e. The molecular weight excluding hydrogens is 216 g/mol. The summed E-state index contributed by atoms with van der Waals surface area (Å²) >= 11 is 0. The first-order chi connectivity index (χ1) is 8.22. The van der Waals surface area contributed by atoms with Crippen molar-refractivity contribution in [1.82, 2.24) is 15.1 Å². The van der Waals surface area contributed by atoms with Gasteiger partial charge in [-0.2, -0.15) is 5.10 Å². The van der Waals surface area contributed by atoms with Crippen molar-refractivity contribution in [2.75, 3.05) is 13.6 Å². The number of hydrogen-bond acceptors (Lipinski definition) is 3. The van der Waals surface area contributed by atoms with Crippen molar-refractivity contribution < 1.29 is 4.79 Å². The molecule has 2 rings (SSSR count). The molecule has 1 amide bonds. The fourth-order valence-electron chi connectivity index (χ4n) is 2.64. The number of rotatable bonds is 4.